The van der Waals surface area contributed by atoms with Gasteiger partial charge in [-0.2, -0.15) is 0 Å². The van der Waals surface area contributed by atoms with Crippen molar-refractivity contribution in [3.63, 3.8) is 0 Å². The molecule has 0 heterocycles. The molecule has 0 aliphatic heterocycles. The van der Waals surface area contributed by atoms with Crippen LogP contribution in [-0.4, -0.2) is 34.9 Å². The van der Waals surface area contributed by atoms with Crippen LogP contribution < -0.4 is 5.32 Å². The van der Waals surface area contributed by atoms with Crippen molar-refractivity contribution in [3.8, 4) is 0 Å². The van der Waals surface area contributed by atoms with Crippen LogP contribution in [0.15, 0.2) is 12.2 Å². The van der Waals surface area contributed by atoms with Crippen LogP contribution in [0.2, 0.25) is 0 Å². The summed E-state index contributed by atoms with van der Waals surface area (Å²) in [7, 11) is 0. The topological polar surface area (TPSA) is 69.6 Å². The molecular formula is C59H117NO3. The Balaban J connectivity index is 3.42. The van der Waals surface area contributed by atoms with Gasteiger partial charge in [0.2, 0.25) is 5.91 Å². The number of rotatable bonds is 55. The molecule has 0 aromatic carbocycles. The Bertz CT molecular complexity index is 875. The van der Waals surface area contributed by atoms with E-state index in [9.17, 15) is 15.0 Å². The maximum Gasteiger partial charge on any atom is 0.220 e. The van der Waals surface area contributed by atoms with Crippen LogP contribution >= 0.6 is 0 Å². The Labute approximate surface area is 397 Å². The van der Waals surface area contributed by atoms with Crippen molar-refractivity contribution < 1.29 is 15.0 Å². The van der Waals surface area contributed by atoms with E-state index in [-0.39, 0.29) is 12.5 Å². The highest BCUT2D eigenvalue weighted by molar-refractivity contribution is 5.76. The zero-order valence-electron chi connectivity index (χ0n) is 43.4. The van der Waals surface area contributed by atoms with Crippen LogP contribution in [0.4, 0.5) is 0 Å². The second-order valence-electron chi connectivity index (χ2n) is 20.4. The Hall–Kier alpha value is -0.870. The van der Waals surface area contributed by atoms with Crippen molar-refractivity contribution >= 4 is 5.91 Å². The minimum absolute atomic E-state index is 0.0557. The number of aliphatic hydroxyl groups is 2. The molecule has 0 spiro atoms. The molecule has 4 heteroatoms. The lowest BCUT2D eigenvalue weighted by Crippen LogP contribution is -2.45. The van der Waals surface area contributed by atoms with E-state index in [2.05, 4.69) is 19.2 Å². The second-order valence-corrected chi connectivity index (χ2v) is 20.4. The van der Waals surface area contributed by atoms with E-state index < -0.39 is 12.1 Å². The fourth-order valence-corrected chi connectivity index (χ4v) is 9.54. The molecule has 3 N–H and O–H groups in total. The quantitative estimate of drug-likeness (QED) is 0.0421. The van der Waals surface area contributed by atoms with Gasteiger partial charge in [-0.15, -0.1) is 0 Å². The third-order valence-electron chi connectivity index (χ3n) is 14.0. The lowest BCUT2D eigenvalue weighted by molar-refractivity contribution is -0.123. The van der Waals surface area contributed by atoms with E-state index in [1.165, 1.54) is 295 Å². The number of allylic oxidation sites excluding steroid dienone is 1. The average molecular weight is 889 g/mol. The molecule has 4 nitrogen and oxygen atoms in total. The first-order valence-electron chi connectivity index (χ1n) is 29.4. The van der Waals surface area contributed by atoms with E-state index in [1.807, 2.05) is 6.08 Å². The van der Waals surface area contributed by atoms with Crippen molar-refractivity contribution in [1.82, 2.24) is 5.32 Å². The summed E-state index contributed by atoms with van der Waals surface area (Å²) < 4.78 is 0. The number of aliphatic hydroxyl groups excluding tert-OH is 2. The average Bonchev–Trinajstić information content (AvgIpc) is 3.29. The van der Waals surface area contributed by atoms with Gasteiger partial charge >= 0.3 is 0 Å². The van der Waals surface area contributed by atoms with Gasteiger partial charge < -0.3 is 15.5 Å². The van der Waals surface area contributed by atoms with Crippen molar-refractivity contribution in [2.24, 2.45) is 0 Å². The molecule has 2 unspecified atom stereocenters. The number of amides is 1. The molecule has 0 saturated carbocycles. The minimum atomic E-state index is -0.836. The Kier molecular flexibility index (Phi) is 54.7. The number of unbranched alkanes of at least 4 members (excludes halogenated alkanes) is 48. The van der Waals surface area contributed by atoms with Gasteiger partial charge in [-0.1, -0.05) is 328 Å². The van der Waals surface area contributed by atoms with Gasteiger partial charge in [0.15, 0.2) is 0 Å². The van der Waals surface area contributed by atoms with Crippen molar-refractivity contribution in [3.05, 3.63) is 12.2 Å². The van der Waals surface area contributed by atoms with E-state index in [1.54, 1.807) is 6.08 Å². The summed E-state index contributed by atoms with van der Waals surface area (Å²) in [5.41, 5.74) is 0. The summed E-state index contributed by atoms with van der Waals surface area (Å²) in [6.07, 6.45) is 72.5. The van der Waals surface area contributed by atoms with Crippen LogP contribution in [0.5, 0.6) is 0 Å². The molecule has 0 aromatic rings. The molecule has 2 atom stereocenters. The van der Waals surface area contributed by atoms with Crippen LogP contribution in [-0.2, 0) is 4.79 Å². The standard InChI is InChI=1S/C59H117NO3/c1-3-5-7-9-11-13-15-17-19-21-23-25-26-27-28-29-30-31-32-33-34-35-36-38-40-42-44-46-48-50-52-54-58(62)57(56-61)60-59(63)55-53-51-49-47-45-43-41-39-37-24-22-20-18-16-14-12-10-8-6-4-2/h52,54,57-58,61-62H,3-51,53,55-56H2,1-2H3,(H,60,63)/b54-52+. The van der Waals surface area contributed by atoms with E-state index in [0.717, 1.165) is 25.7 Å². The summed E-state index contributed by atoms with van der Waals surface area (Å²) in [6.45, 7) is 4.36. The molecule has 0 radical (unpaired) electrons. The van der Waals surface area contributed by atoms with Gasteiger partial charge in [0, 0.05) is 6.42 Å². The number of nitrogens with one attached hydrogen (secondary N) is 1. The molecule has 0 fully saturated rings. The second kappa shape index (κ2) is 55.5. The van der Waals surface area contributed by atoms with Gasteiger partial charge in [0.1, 0.15) is 0 Å². The molecule has 0 aliphatic carbocycles. The first-order chi connectivity index (χ1) is 31.2. The predicted molar refractivity (Wildman–Crippen MR) is 281 cm³/mol. The number of hydrogen-bond donors (Lipinski definition) is 3. The van der Waals surface area contributed by atoms with E-state index in [4.69, 9.17) is 0 Å². The fraction of sp³-hybridized carbons (Fsp3) is 0.949. The van der Waals surface area contributed by atoms with E-state index in [0.29, 0.717) is 6.42 Å². The van der Waals surface area contributed by atoms with Crippen LogP contribution in [0, 0.1) is 0 Å². The van der Waals surface area contributed by atoms with Crippen LogP contribution in [0.3, 0.4) is 0 Å². The van der Waals surface area contributed by atoms with Crippen molar-refractivity contribution in [2.45, 2.75) is 353 Å². The van der Waals surface area contributed by atoms with Gasteiger partial charge in [-0.3, -0.25) is 4.79 Å². The van der Waals surface area contributed by atoms with Crippen molar-refractivity contribution in [2.75, 3.05) is 6.61 Å². The highest BCUT2D eigenvalue weighted by Gasteiger charge is 2.18. The van der Waals surface area contributed by atoms with Crippen LogP contribution in [0.1, 0.15) is 341 Å². The zero-order chi connectivity index (χ0) is 45.6. The molecule has 1 amide bonds. The molecule has 63 heavy (non-hydrogen) atoms. The SMILES string of the molecule is CCCCCCCCCCCCCCCCCCCCCCCCCCCCCCC/C=C/C(O)C(CO)NC(=O)CCCCCCCCCCCCCCCCCCCCCC. The van der Waals surface area contributed by atoms with Gasteiger partial charge in [0.25, 0.3) is 0 Å². The molecule has 0 bridgehead atoms. The Morgan fingerprint density at radius 2 is 0.587 bits per heavy atom. The lowest BCUT2D eigenvalue weighted by Gasteiger charge is -2.20. The highest BCUT2D eigenvalue weighted by Crippen LogP contribution is 2.18. The molecule has 0 aromatic heterocycles. The van der Waals surface area contributed by atoms with Gasteiger partial charge in [-0.25, -0.2) is 0 Å². The Morgan fingerprint density at radius 1 is 0.365 bits per heavy atom. The normalized spacial score (nSPS) is 12.8. The molecule has 0 aliphatic rings. The van der Waals surface area contributed by atoms with Gasteiger partial charge in [0.05, 0.1) is 18.8 Å². The van der Waals surface area contributed by atoms with Crippen LogP contribution in [0.25, 0.3) is 0 Å². The Morgan fingerprint density at radius 3 is 0.825 bits per heavy atom. The number of hydrogen-bond acceptors (Lipinski definition) is 3. The zero-order valence-corrected chi connectivity index (χ0v) is 43.4. The first kappa shape index (κ1) is 62.1. The largest absolute Gasteiger partial charge is 0.394 e. The summed E-state index contributed by atoms with van der Waals surface area (Å²) >= 11 is 0. The third kappa shape index (κ3) is 52.0. The summed E-state index contributed by atoms with van der Waals surface area (Å²) in [5.74, 6) is -0.0557. The predicted octanol–water partition coefficient (Wildman–Crippen LogP) is 19.3. The molecule has 0 saturated heterocycles. The highest BCUT2D eigenvalue weighted by atomic mass is 16.3. The first-order valence-corrected chi connectivity index (χ1v) is 29.4. The maximum atomic E-state index is 12.5. The monoisotopic (exact) mass is 888 g/mol. The summed E-state index contributed by atoms with van der Waals surface area (Å²) in [4.78, 5) is 12.5. The third-order valence-corrected chi connectivity index (χ3v) is 14.0. The number of carbonyl (C=O) groups excluding carboxylic acids is 1. The van der Waals surface area contributed by atoms with Gasteiger partial charge in [-0.05, 0) is 19.3 Å². The lowest BCUT2D eigenvalue weighted by atomic mass is 10.0. The molecule has 376 valence electrons. The number of carbonyl (C=O) groups is 1. The summed E-state index contributed by atoms with van der Waals surface area (Å²) in [6, 6.07) is -0.618. The van der Waals surface area contributed by atoms with E-state index >= 15 is 0 Å². The smallest absolute Gasteiger partial charge is 0.220 e. The molecule has 0 rings (SSSR count). The maximum absolute atomic E-state index is 12.5. The minimum Gasteiger partial charge on any atom is -0.394 e. The van der Waals surface area contributed by atoms with Crippen molar-refractivity contribution in [1.29, 1.82) is 0 Å². The fourth-order valence-electron chi connectivity index (χ4n) is 9.54. The summed E-state index contributed by atoms with van der Waals surface area (Å²) in [5, 5.41) is 23.2. The molecular weight excluding hydrogens is 771 g/mol.